The Balaban J connectivity index is 2.71. The first kappa shape index (κ1) is 12.9. The van der Waals surface area contributed by atoms with E-state index in [2.05, 4.69) is 5.92 Å². The van der Waals surface area contributed by atoms with Gasteiger partial charge in [-0.2, -0.15) is 13.2 Å². The molecule has 1 N–H and O–H groups in total. The van der Waals surface area contributed by atoms with Crippen LogP contribution < -0.4 is 5.32 Å². The summed E-state index contributed by atoms with van der Waals surface area (Å²) in [6, 6.07) is -1.83. The van der Waals surface area contributed by atoms with Gasteiger partial charge >= 0.3 is 6.18 Å². The average molecular weight is 233 g/mol. The van der Waals surface area contributed by atoms with Gasteiger partial charge in [0.05, 0.1) is 0 Å². The zero-order chi connectivity index (χ0) is 12.6. The summed E-state index contributed by atoms with van der Waals surface area (Å²) in [4.78, 5) is 11.6. The minimum absolute atomic E-state index is 0.470. The van der Waals surface area contributed by atoms with Gasteiger partial charge in [-0.05, 0) is 18.8 Å². The van der Waals surface area contributed by atoms with Crippen molar-refractivity contribution < 1.29 is 18.0 Å². The highest BCUT2D eigenvalue weighted by atomic mass is 19.4. The number of terminal acetylenes is 1. The van der Waals surface area contributed by atoms with Crippen LogP contribution in [0.3, 0.4) is 0 Å². The lowest BCUT2D eigenvalue weighted by Crippen LogP contribution is -2.50. The Bertz CT molecular complexity index is 323. The number of carbonyl (C=O) groups is 1. The van der Waals surface area contributed by atoms with Gasteiger partial charge in [-0.25, -0.2) is 0 Å². The number of amides is 1. The second-order valence-corrected chi connectivity index (χ2v) is 4.46. The van der Waals surface area contributed by atoms with Crippen LogP contribution in [0.4, 0.5) is 13.2 Å². The number of alkyl halides is 3. The van der Waals surface area contributed by atoms with Crippen molar-refractivity contribution in [2.24, 2.45) is 11.3 Å². The molecule has 0 bridgehead atoms. The molecule has 0 spiro atoms. The third-order valence-corrected chi connectivity index (χ3v) is 2.77. The highest BCUT2D eigenvalue weighted by molar-refractivity contribution is 5.88. The summed E-state index contributed by atoms with van der Waals surface area (Å²) >= 11 is 0. The van der Waals surface area contributed by atoms with Crippen molar-refractivity contribution >= 4 is 5.91 Å². The van der Waals surface area contributed by atoms with Crippen molar-refractivity contribution in [1.82, 2.24) is 5.32 Å². The van der Waals surface area contributed by atoms with Crippen LogP contribution in [0.15, 0.2) is 0 Å². The molecule has 1 fully saturated rings. The first-order chi connectivity index (χ1) is 7.23. The average Bonchev–Trinajstić information content (AvgIpc) is 2.91. The molecule has 1 aliphatic carbocycles. The molecule has 1 amide bonds. The Kier molecular flexibility index (Phi) is 3.22. The lowest BCUT2D eigenvalue weighted by molar-refractivity contribution is -0.170. The third kappa shape index (κ3) is 2.49. The molecule has 5 heteroatoms. The molecule has 0 saturated heterocycles. The van der Waals surface area contributed by atoms with Gasteiger partial charge in [-0.15, -0.1) is 6.42 Å². The highest BCUT2D eigenvalue weighted by Gasteiger charge is 2.52. The van der Waals surface area contributed by atoms with E-state index in [1.807, 2.05) is 5.32 Å². The van der Waals surface area contributed by atoms with E-state index in [-0.39, 0.29) is 0 Å². The van der Waals surface area contributed by atoms with E-state index in [0.29, 0.717) is 12.8 Å². The first-order valence-electron chi connectivity index (χ1n) is 5.08. The van der Waals surface area contributed by atoms with Gasteiger partial charge in [0.25, 0.3) is 0 Å². The number of carbonyl (C=O) groups excluding carboxylic acids is 1. The molecule has 1 saturated carbocycles. The number of nitrogens with one attached hydrogen (secondary N) is 1. The zero-order valence-corrected chi connectivity index (χ0v) is 9.19. The largest absolute Gasteiger partial charge is 0.408 e. The molecule has 0 aromatic carbocycles. The van der Waals surface area contributed by atoms with Crippen LogP contribution in [0, 0.1) is 23.7 Å². The molecule has 1 atom stereocenters. The van der Waals surface area contributed by atoms with Crippen molar-refractivity contribution in [3.8, 4) is 12.3 Å². The maximum absolute atomic E-state index is 12.6. The molecule has 0 aromatic heterocycles. The maximum atomic E-state index is 12.6. The highest BCUT2D eigenvalue weighted by Crippen LogP contribution is 2.45. The second kappa shape index (κ2) is 4.00. The van der Waals surface area contributed by atoms with Crippen molar-refractivity contribution in [3.05, 3.63) is 0 Å². The maximum Gasteiger partial charge on any atom is 0.408 e. The summed E-state index contributed by atoms with van der Waals surface area (Å²) in [5.41, 5.74) is -0.988. The minimum atomic E-state index is -4.44. The molecule has 0 aliphatic heterocycles. The van der Waals surface area contributed by atoms with Crippen LogP contribution in [-0.2, 0) is 4.79 Å². The van der Waals surface area contributed by atoms with Crippen molar-refractivity contribution in [2.75, 3.05) is 0 Å². The van der Waals surface area contributed by atoms with Gasteiger partial charge < -0.3 is 5.32 Å². The van der Waals surface area contributed by atoms with E-state index in [0.717, 1.165) is 0 Å². The molecular formula is C11H14F3NO. The molecule has 0 radical (unpaired) electrons. The van der Waals surface area contributed by atoms with E-state index in [1.165, 1.54) is 13.8 Å². The normalized spacial score (nSPS) is 20.1. The van der Waals surface area contributed by atoms with Gasteiger partial charge in [0, 0.05) is 0 Å². The molecule has 0 heterocycles. The fourth-order valence-electron chi connectivity index (χ4n) is 1.47. The first-order valence-corrected chi connectivity index (χ1v) is 5.08. The monoisotopic (exact) mass is 233 g/mol. The van der Waals surface area contributed by atoms with Gasteiger partial charge in [0.2, 0.25) is 5.91 Å². The molecule has 1 aliphatic rings. The van der Waals surface area contributed by atoms with Crippen LogP contribution in [0.2, 0.25) is 0 Å². The van der Waals surface area contributed by atoms with Crippen LogP contribution in [0.5, 0.6) is 0 Å². The molecule has 16 heavy (non-hydrogen) atoms. The van der Waals surface area contributed by atoms with Gasteiger partial charge in [-0.1, -0.05) is 19.8 Å². The summed E-state index contributed by atoms with van der Waals surface area (Å²) in [5.74, 6) is 0.883. The smallest absolute Gasteiger partial charge is 0.343 e. The molecular weight excluding hydrogens is 219 g/mol. The van der Waals surface area contributed by atoms with Crippen LogP contribution >= 0.6 is 0 Å². The number of hydrogen-bond acceptors (Lipinski definition) is 1. The number of hydrogen-bond donors (Lipinski definition) is 1. The second-order valence-electron chi connectivity index (χ2n) is 4.46. The summed E-state index contributed by atoms with van der Waals surface area (Å²) in [5, 5.41) is 2.00. The molecule has 2 nitrogen and oxygen atoms in total. The molecule has 1 unspecified atom stereocenters. The Labute approximate surface area is 92.6 Å². The van der Waals surface area contributed by atoms with Crippen molar-refractivity contribution in [2.45, 2.75) is 38.9 Å². The van der Waals surface area contributed by atoms with E-state index >= 15 is 0 Å². The summed E-state index contributed by atoms with van der Waals surface area (Å²) in [6.45, 7) is 2.82. The Morgan fingerprint density at radius 3 is 2.19 bits per heavy atom. The number of halogens is 3. The predicted molar refractivity (Wildman–Crippen MR) is 53.3 cm³/mol. The minimum Gasteiger partial charge on any atom is -0.343 e. The fraction of sp³-hybridized carbons (Fsp3) is 0.727. The zero-order valence-electron chi connectivity index (χ0n) is 9.19. The van der Waals surface area contributed by atoms with Crippen LogP contribution in [0.1, 0.15) is 26.7 Å². The predicted octanol–water partition coefficient (Wildman–Crippen LogP) is 2.10. The Morgan fingerprint density at radius 2 is 1.94 bits per heavy atom. The van der Waals surface area contributed by atoms with E-state index < -0.39 is 29.5 Å². The standard InChI is InChI=1S/C11H14F3NO/c1-4-10(5-6-10)9(16)15-8(7(2)3)11(12,13)14/h1,7-8H,5-6H2,2-3H3,(H,15,16). The molecule has 90 valence electrons. The van der Waals surface area contributed by atoms with Crippen LogP contribution in [-0.4, -0.2) is 18.1 Å². The van der Waals surface area contributed by atoms with Crippen molar-refractivity contribution in [3.63, 3.8) is 0 Å². The Hall–Kier alpha value is -1.18. The lowest BCUT2D eigenvalue weighted by atomic mass is 10.0. The van der Waals surface area contributed by atoms with E-state index in [4.69, 9.17) is 6.42 Å². The van der Waals surface area contributed by atoms with Crippen LogP contribution in [0.25, 0.3) is 0 Å². The van der Waals surface area contributed by atoms with Gasteiger partial charge in [-0.3, -0.25) is 4.79 Å². The fourth-order valence-corrected chi connectivity index (χ4v) is 1.47. The summed E-state index contributed by atoms with van der Waals surface area (Å²) in [6.07, 6.45) is 1.64. The topological polar surface area (TPSA) is 29.1 Å². The third-order valence-electron chi connectivity index (χ3n) is 2.77. The number of rotatable bonds is 3. The summed E-state index contributed by atoms with van der Waals surface area (Å²) < 4.78 is 37.7. The van der Waals surface area contributed by atoms with Gasteiger partial charge in [0.15, 0.2) is 0 Å². The molecule has 0 aromatic rings. The Morgan fingerprint density at radius 1 is 1.44 bits per heavy atom. The molecule has 1 rings (SSSR count). The SMILES string of the molecule is C#CC1(C(=O)NC(C(C)C)C(F)(F)F)CC1. The summed E-state index contributed by atoms with van der Waals surface area (Å²) in [7, 11) is 0. The quantitative estimate of drug-likeness (QED) is 0.743. The lowest BCUT2D eigenvalue weighted by Gasteiger charge is -2.26. The van der Waals surface area contributed by atoms with E-state index in [1.54, 1.807) is 0 Å². The van der Waals surface area contributed by atoms with Gasteiger partial charge in [0.1, 0.15) is 11.5 Å². The van der Waals surface area contributed by atoms with Crippen molar-refractivity contribution in [1.29, 1.82) is 0 Å². The van der Waals surface area contributed by atoms with E-state index in [9.17, 15) is 18.0 Å².